The van der Waals surface area contributed by atoms with Gasteiger partial charge in [0.25, 0.3) is 12.1 Å². The Labute approximate surface area is 62.3 Å². The zero-order chi connectivity index (χ0) is 8.43. The molecule has 0 N–H and O–H groups in total. The van der Waals surface area contributed by atoms with Crippen LogP contribution >= 0.6 is 0 Å². The lowest BCUT2D eigenvalue weighted by atomic mass is 10.3. The van der Waals surface area contributed by atoms with Gasteiger partial charge in [0.1, 0.15) is 0 Å². The van der Waals surface area contributed by atoms with Crippen LogP contribution in [0.5, 0.6) is 0 Å². The highest BCUT2D eigenvalue weighted by molar-refractivity contribution is 6.65. The lowest BCUT2D eigenvalue weighted by Crippen LogP contribution is -2.22. The van der Waals surface area contributed by atoms with Gasteiger partial charge in [0.15, 0.2) is 0 Å². The Kier molecular flexibility index (Phi) is 2.00. The molecule has 0 saturated carbocycles. The largest absolute Gasteiger partial charge is 0.421 e. The third-order valence-electron chi connectivity index (χ3n) is 1.16. The molecule has 1 heterocycles. The molecule has 1 rings (SSSR count). The van der Waals surface area contributed by atoms with Gasteiger partial charge in [-0.05, 0) is 6.92 Å². The second-order valence-corrected chi connectivity index (χ2v) is 1.89. The highest BCUT2D eigenvalue weighted by Crippen LogP contribution is 2.07. The molecule has 1 saturated heterocycles. The number of carbonyl (C=O) groups is 3. The number of hydrogen-bond acceptors (Lipinski definition) is 5. The van der Waals surface area contributed by atoms with Crippen LogP contribution in [0, 0.1) is 0 Å². The number of cyclic esters (lactones) is 1. The quantitative estimate of drug-likeness (QED) is 0.382. The first-order chi connectivity index (χ1) is 5.16. The van der Waals surface area contributed by atoms with Crippen LogP contribution in [0.25, 0.3) is 0 Å². The van der Waals surface area contributed by atoms with E-state index in [1.54, 1.807) is 6.92 Å². The molecule has 5 heteroatoms. The molecule has 0 bridgehead atoms. The maximum absolute atomic E-state index is 10.7. The van der Waals surface area contributed by atoms with E-state index in [-0.39, 0.29) is 6.61 Å². The molecule has 0 aromatic carbocycles. The van der Waals surface area contributed by atoms with E-state index in [1.165, 1.54) is 0 Å². The van der Waals surface area contributed by atoms with Crippen molar-refractivity contribution in [2.75, 3.05) is 6.61 Å². The van der Waals surface area contributed by atoms with Crippen molar-refractivity contribution in [3.63, 3.8) is 0 Å². The summed E-state index contributed by atoms with van der Waals surface area (Å²) in [4.78, 5) is 31.6. The van der Waals surface area contributed by atoms with Crippen molar-refractivity contribution in [1.82, 2.24) is 0 Å². The predicted molar refractivity (Wildman–Crippen MR) is 31.5 cm³/mol. The Hall–Kier alpha value is -1.23. The van der Waals surface area contributed by atoms with Gasteiger partial charge in [0, 0.05) is 6.61 Å². The second kappa shape index (κ2) is 2.79. The molecule has 0 aromatic heterocycles. The molecule has 0 unspecified atom stereocenters. The standard InChI is InChI=1S/C6H6O5/c1-2-10-6-4(8)3(7)5(9)11-6/h6H,2H2,1H3/t6-/m0/s1. The van der Waals surface area contributed by atoms with Crippen molar-refractivity contribution in [2.24, 2.45) is 0 Å². The summed E-state index contributed by atoms with van der Waals surface area (Å²) in [7, 11) is 0. The first-order valence-electron chi connectivity index (χ1n) is 3.07. The minimum absolute atomic E-state index is 0.219. The number of Topliss-reactive ketones (excluding diaryl/α,β-unsaturated/α-hetero) is 2. The van der Waals surface area contributed by atoms with Crippen LogP contribution < -0.4 is 0 Å². The normalized spacial score (nSPS) is 24.1. The Morgan fingerprint density at radius 3 is 2.45 bits per heavy atom. The van der Waals surface area contributed by atoms with Gasteiger partial charge in [0.2, 0.25) is 0 Å². The predicted octanol–water partition coefficient (Wildman–Crippen LogP) is -0.956. The molecular formula is C6H6O5. The van der Waals surface area contributed by atoms with Crippen LogP contribution in [-0.2, 0) is 23.9 Å². The van der Waals surface area contributed by atoms with Gasteiger partial charge in [-0.3, -0.25) is 9.59 Å². The van der Waals surface area contributed by atoms with Gasteiger partial charge in [-0.2, -0.15) is 0 Å². The summed E-state index contributed by atoms with van der Waals surface area (Å²) in [6.07, 6.45) is -1.31. The number of rotatable bonds is 2. The lowest BCUT2D eigenvalue weighted by Gasteiger charge is -2.04. The average molecular weight is 158 g/mol. The third-order valence-corrected chi connectivity index (χ3v) is 1.16. The monoisotopic (exact) mass is 158 g/mol. The lowest BCUT2D eigenvalue weighted by molar-refractivity contribution is -0.167. The smallest absolute Gasteiger partial charge is 0.385 e. The van der Waals surface area contributed by atoms with E-state index >= 15 is 0 Å². The van der Waals surface area contributed by atoms with Crippen LogP contribution in [0.1, 0.15) is 6.92 Å². The van der Waals surface area contributed by atoms with E-state index in [2.05, 4.69) is 9.47 Å². The molecule has 0 aliphatic carbocycles. The summed E-state index contributed by atoms with van der Waals surface area (Å²) in [5, 5.41) is 0. The summed E-state index contributed by atoms with van der Waals surface area (Å²) >= 11 is 0. The molecule has 1 fully saturated rings. The van der Waals surface area contributed by atoms with Gasteiger partial charge in [-0.25, -0.2) is 4.79 Å². The molecule has 0 amide bonds. The van der Waals surface area contributed by atoms with Gasteiger partial charge in [-0.15, -0.1) is 0 Å². The van der Waals surface area contributed by atoms with Crippen molar-refractivity contribution < 1.29 is 23.9 Å². The van der Waals surface area contributed by atoms with E-state index in [1.807, 2.05) is 0 Å². The van der Waals surface area contributed by atoms with E-state index in [4.69, 9.17) is 0 Å². The topological polar surface area (TPSA) is 69.7 Å². The Balaban J connectivity index is 2.67. The van der Waals surface area contributed by atoms with E-state index in [0.717, 1.165) is 0 Å². The molecule has 60 valence electrons. The van der Waals surface area contributed by atoms with Crippen LogP contribution in [0.15, 0.2) is 0 Å². The molecule has 0 aromatic rings. The van der Waals surface area contributed by atoms with E-state index < -0.39 is 23.8 Å². The van der Waals surface area contributed by atoms with Crippen molar-refractivity contribution >= 4 is 17.5 Å². The fraction of sp³-hybridized carbons (Fsp3) is 0.500. The zero-order valence-electron chi connectivity index (χ0n) is 5.83. The van der Waals surface area contributed by atoms with Crippen molar-refractivity contribution in [3.8, 4) is 0 Å². The molecular weight excluding hydrogens is 152 g/mol. The maximum atomic E-state index is 10.7. The highest BCUT2D eigenvalue weighted by Gasteiger charge is 2.42. The maximum Gasteiger partial charge on any atom is 0.385 e. The van der Waals surface area contributed by atoms with Gasteiger partial charge in [-0.1, -0.05) is 0 Å². The summed E-state index contributed by atoms with van der Waals surface area (Å²) in [6, 6.07) is 0. The molecule has 5 nitrogen and oxygen atoms in total. The number of ether oxygens (including phenoxy) is 2. The Bertz CT molecular complexity index is 219. The summed E-state index contributed by atoms with van der Waals surface area (Å²) in [5.41, 5.74) is 0. The van der Waals surface area contributed by atoms with E-state index in [0.29, 0.717) is 0 Å². The van der Waals surface area contributed by atoms with Gasteiger partial charge >= 0.3 is 11.8 Å². The van der Waals surface area contributed by atoms with Crippen LogP contribution in [0.3, 0.4) is 0 Å². The van der Waals surface area contributed by atoms with Crippen molar-refractivity contribution in [1.29, 1.82) is 0 Å². The summed E-state index contributed by atoms with van der Waals surface area (Å²) < 4.78 is 8.91. The van der Waals surface area contributed by atoms with Crippen molar-refractivity contribution in [2.45, 2.75) is 13.2 Å². The third kappa shape index (κ3) is 1.27. The number of carbonyl (C=O) groups excluding carboxylic acids is 3. The van der Waals surface area contributed by atoms with Crippen molar-refractivity contribution in [3.05, 3.63) is 0 Å². The van der Waals surface area contributed by atoms with Crippen LogP contribution in [-0.4, -0.2) is 30.4 Å². The second-order valence-electron chi connectivity index (χ2n) is 1.89. The van der Waals surface area contributed by atoms with E-state index in [9.17, 15) is 14.4 Å². The minimum atomic E-state index is -1.31. The summed E-state index contributed by atoms with van der Waals surface area (Å²) in [5.74, 6) is -3.19. The SMILES string of the molecule is CCO[C@H]1OC(=O)C(=O)C1=O. The fourth-order valence-corrected chi connectivity index (χ4v) is 0.673. The van der Waals surface area contributed by atoms with Gasteiger partial charge in [0.05, 0.1) is 0 Å². The molecule has 1 aliphatic heterocycles. The summed E-state index contributed by atoms with van der Waals surface area (Å²) in [6.45, 7) is 1.85. The van der Waals surface area contributed by atoms with Gasteiger partial charge < -0.3 is 9.47 Å². The minimum Gasteiger partial charge on any atom is -0.421 e. The molecule has 0 radical (unpaired) electrons. The number of esters is 1. The number of ketones is 2. The van der Waals surface area contributed by atoms with Crippen LogP contribution in [0.2, 0.25) is 0 Å². The molecule has 11 heavy (non-hydrogen) atoms. The molecule has 1 atom stereocenters. The Morgan fingerprint density at radius 2 is 2.09 bits per heavy atom. The number of hydrogen-bond donors (Lipinski definition) is 0. The first-order valence-corrected chi connectivity index (χ1v) is 3.07. The average Bonchev–Trinajstić information content (AvgIpc) is 2.19. The van der Waals surface area contributed by atoms with Crippen LogP contribution in [0.4, 0.5) is 0 Å². The zero-order valence-corrected chi connectivity index (χ0v) is 5.83. The fourth-order valence-electron chi connectivity index (χ4n) is 0.673. The molecule has 1 aliphatic rings. The first kappa shape index (κ1) is 7.87. The molecule has 0 spiro atoms. The Morgan fingerprint density at radius 1 is 1.45 bits per heavy atom. The highest BCUT2D eigenvalue weighted by atomic mass is 16.7.